The number of rotatable bonds is 6. The number of benzene rings is 2. The van der Waals surface area contributed by atoms with Gasteiger partial charge in [-0.2, -0.15) is 0 Å². The molecule has 150 valence electrons. The number of fused-ring (bicyclic) bond motifs is 1. The number of esters is 1. The van der Waals surface area contributed by atoms with Crippen molar-refractivity contribution in [2.24, 2.45) is 0 Å². The lowest BCUT2D eigenvalue weighted by Crippen LogP contribution is -2.29. The molecule has 2 heterocycles. The molecule has 0 radical (unpaired) electrons. The van der Waals surface area contributed by atoms with E-state index in [1.807, 2.05) is 30.3 Å². The van der Waals surface area contributed by atoms with E-state index in [-0.39, 0.29) is 22.7 Å². The molecule has 2 aromatic carbocycles. The third-order valence-corrected chi connectivity index (χ3v) is 4.43. The fourth-order valence-corrected chi connectivity index (χ4v) is 2.93. The minimum atomic E-state index is -0.769. The topological polar surface area (TPSA) is 98.8 Å². The summed E-state index contributed by atoms with van der Waals surface area (Å²) >= 11 is 0. The zero-order chi connectivity index (χ0) is 20.9. The molecular weight excluding hydrogens is 386 g/mol. The van der Waals surface area contributed by atoms with Gasteiger partial charge in [-0.3, -0.25) is 4.79 Å². The SMILES string of the molecule is O=C(Oc1ccc2cc(C(=O)NCCc3ccccc3)c(=O)oc2c1)c1ccco1. The number of nitrogens with one attached hydrogen (secondary N) is 1. The van der Waals surface area contributed by atoms with E-state index in [1.165, 1.54) is 24.5 Å². The number of hydrogen-bond acceptors (Lipinski definition) is 6. The first-order chi connectivity index (χ1) is 14.6. The van der Waals surface area contributed by atoms with Crippen LogP contribution < -0.4 is 15.7 Å². The summed E-state index contributed by atoms with van der Waals surface area (Å²) in [5, 5.41) is 3.26. The van der Waals surface area contributed by atoms with Crippen LogP contribution in [0.1, 0.15) is 26.5 Å². The number of furan rings is 1. The van der Waals surface area contributed by atoms with Crippen LogP contribution in [-0.4, -0.2) is 18.4 Å². The first-order valence-corrected chi connectivity index (χ1v) is 9.26. The molecule has 0 unspecified atom stereocenters. The van der Waals surface area contributed by atoms with Gasteiger partial charge < -0.3 is 18.9 Å². The van der Waals surface area contributed by atoms with Gasteiger partial charge in [0.1, 0.15) is 16.9 Å². The van der Waals surface area contributed by atoms with E-state index >= 15 is 0 Å². The smallest absolute Gasteiger partial charge is 0.379 e. The summed E-state index contributed by atoms with van der Waals surface area (Å²) in [4.78, 5) is 36.6. The Labute approximate surface area is 170 Å². The number of hydrogen-bond donors (Lipinski definition) is 1. The van der Waals surface area contributed by atoms with Gasteiger partial charge in [-0.1, -0.05) is 30.3 Å². The Balaban J connectivity index is 1.47. The quantitative estimate of drug-likeness (QED) is 0.300. The zero-order valence-corrected chi connectivity index (χ0v) is 15.8. The second-order valence-electron chi connectivity index (χ2n) is 6.51. The molecule has 0 atom stereocenters. The van der Waals surface area contributed by atoms with Crippen LogP contribution in [0.2, 0.25) is 0 Å². The van der Waals surface area contributed by atoms with Gasteiger partial charge in [0.05, 0.1) is 6.26 Å². The van der Waals surface area contributed by atoms with E-state index in [0.29, 0.717) is 18.4 Å². The van der Waals surface area contributed by atoms with Crippen LogP contribution in [0.3, 0.4) is 0 Å². The van der Waals surface area contributed by atoms with Crippen LogP contribution in [0, 0.1) is 0 Å². The lowest BCUT2D eigenvalue weighted by Gasteiger charge is -2.07. The molecule has 2 aromatic heterocycles. The Kier molecular flexibility index (Phi) is 5.43. The van der Waals surface area contributed by atoms with Crippen LogP contribution in [0.5, 0.6) is 5.75 Å². The molecule has 0 saturated carbocycles. The Hall–Kier alpha value is -4.13. The first-order valence-electron chi connectivity index (χ1n) is 9.26. The molecule has 0 bridgehead atoms. The van der Waals surface area contributed by atoms with Crippen molar-refractivity contribution >= 4 is 22.8 Å². The van der Waals surface area contributed by atoms with Crippen molar-refractivity contribution in [3.8, 4) is 5.75 Å². The van der Waals surface area contributed by atoms with Crippen molar-refractivity contribution in [3.63, 3.8) is 0 Å². The Morgan fingerprint density at radius 3 is 2.57 bits per heavy atom. The minimum absolute atomic E-state index is 0.0547. The second-order valence-corrected chi connectivity index (χ2v) is 6.51. The van der Waals surface area contributed by atoms with Crippen LogP contribution >= 0.6 is 0 Å². The molecule has 30 heavy (non-hydrogen) atoms. The van der Waals surface area contributed by atoms with Gasteiger partial charge in [0, 0.05) is 18.0 Å². The molecule has 0 saturated heterocycles. The standard InChI is InChI=1S/C23H17NO6/c25-21(24-11-10-15-5-2-1-3-6-15)18-13-16-8-9-17(14-20(16)30-22(18)26)29-23(27)19-7-4-12-28-19/h1-9,12-14H,10-11H2,(H,24,25). The molecule has 0 aliphatic carbocycles. The summed E-state index contributed by atoms with van der Waals surface area (Å²) in [6, 6.07) is 18.8. The number of carbonyl (C=O) groups is 2. The molecular formula is C23H17NO6. The van der Waals surface area contributed by atoms with Crippen molar-refractivity contribution in [2.45, 2.75) is 6.42 Å². The maximum absolute atomic E-state index is 12.4. The van der Waals surface area contributed by atoms with E-state index in [4.69, 9.17) is 13.6 Å². The second kappa shape index (κ2) is 8.48. The van der Waals surface area contributed by atoms with Gasteiger partial charge in [0.2, 0.25) is 5.76 Å². The predicted octanol–water partition coefficient (Wildman–Crippen LogP) is 3.58. The molecule has 7 nitrogen and oxygen atoms in total. The molecule has 0 spiro atoms. The van der Waals surface area contributed by atoms with Crippen molar-refractivity contribution in [2.75, 3.05) is 6.54 Å². The molecule has 0 aliphatic rings. The maximum atomic E-state index is 12.4. The summed E-state index contributed by atoms with van der Waals surface area (Å²) in [6.45, 7) is 0.391. The van der Waals surface area contributed by atoms with Crippen molar-refractivity contribution in [3.05, 3.63) is 100 Å². The third kappa shape index (κ3) is 4.30. The van der Waals surface area contributed by atoms with Crippen LogP contribution in [0.4, 0.5) is 0 Å². The van der Waals surface area contributed by atoms with Crippen LogP contribution in [0.15, 0.2) is 86.6 Å². The summed E-state index contributed by atoms with van der Waals surface area (Å²) < 4.78 is 15.5. The highest BCUT2D eigenvalue weighted by Crippen LogP contribution is 2.21. The predicted molar refractivity (Wildman–Crippen MR) is 109 cm³/mol. The average Bonchev–Trinajstić information content (AvgIpc) is 3.29. The van der Waals surface area contributed by atoms with Crippen molar-refractivity contribution in [1.82, 2.24) is 5.32 Å². The maximum Gasteiger partial charge on any atom is 0.379 e. The van der Waals surface area contributed by atoms with Crippen molar-refractivity contribution in [1.29, 1.82) is 0 Å². The third-order valence-electron chi connectivity index (χ3n) is 4.43. The summed E-state index contributed by atoms with van der Waals surface area (Å²) in [5.41, 5.74) is 0.427. The highest BCUT2D eigenvalue weighted by molar-refractivity contribution is 5.97. The molecule has 0 fully saturated rings. The van der Waals surface area contributed by atoms with E-state index in [1.54, 1.807) is 18.2 Å². The fraction of sp³-hybridized carbons (Fsp3) is 0.0870. The summed E-state index contributed by atoms with van der Waals surface area (Å²) in [5.74, 6) is -0.933. The Morgan fingerprint density at radius 2 is 1.80 bits per heavy atom. The fourth-order valence-electron chi connectivity index (χ4n) is 2.93. The minimum Gasteiger partial charge on any atom is -0.457 e. The van der Waals surface area contributed by atoms with Gasteiger partial charge >= 0.3 is 11.6 Å². The monoisotopic (exact) mass is 403 g/mol. The zero-order valence-electron chi connectivity index (χ0n) is 15.8. The molecule has 4 aromatic rings. The first kappa shape index (κ1) is 19.2. The molecule has 1 amide bonds. The van der Waals surface area contributed by atoms with Gasteiger partial charge in [0.15, 0.2) is 0 Å². The number of carbonyl (C=O) groups excluding carboxylic acids is 2. The number of ether oxygens (including phenoxy) is 1. The lowest BCUT2D eigenvalue weighted by atomic mass is 10.1. The largest absolute Gasteiger partial charge is 0.457 e. The van der Waals surface area contributed by atoms with E-state index in [9.17, 15) is 14.4 Å². The normalized spacial score (nSPS) is 10.7. The van der Waals surface area contributed by atoms with Gasteiger partial charge in [-0.15, -0.1) is 0 Å². The highest BCUT2D eigenvalue weighted by atomic mass is 16.5. The average molecular weight is 403 g/mol. The van der Waals surface area contributed by atoms with E-state index < -0.39 is 17.5 Å². The number of amides is 1. The van der Waals surface area contributed by atoms with E-state index in [2.05, 4.69) is 5.32 Å². The Morgan fingerprint density at radius 1 is 0.967 bits per heavy atom. The molecule has 7 heteroatoms. The molecule has 4 rings (SSSR count). The van der Waals surface area contributed by atoms with Gasteiger partial charge in [-0.25, -0.2) is 9.59 Å². The van der Waals surface area contributed by atoms with Crippen LogP contribution in [-0.2, 0) is 6.42 Å². The van der Waals surface area contributed by atoms with Crippen molar-refractivity contribution < 1.29 is 23.2 Å². The highest BCUT2D eigenvalue weighted by Gasteiger charge is 2.15. The van der Waals surface area contributed by atoms with Gasteiger partial charge in [-0.05, 0) is 42.3 Å². The summed E-state index contributed by atoms with van der Waals surface area (Å²) in [6.07, 6.45) is 2.01. The van der Waals surface area contributed by atoms with Gasteiger partial charge in [0.25, 0.3) is 5.91 Å². The van der Waals surface area contributed by atoms with Crippen LogP contribution in [0.25, 0.3) is 11.0 Å². The molecule has 1 N–H and O–H groups in total. The lowest BCUT2D eigenvalue weighted by molar-refractivity contribution is 0.0701. The Bertz CT molecular complexity index is 1240. The summed E-state index contributed by atoms with van der Waals surface area (Å²) in [7, 11) is 0. The van der Waals surface area contributed by atoms with E-state index in [0.717, 1.165) is 5.56 Å². The molecule has 0 aliphatic heterocycles.